The van der Waals surface area contributed by atoms with Gasteiger partial charge in [0.05, 0.1) is 0 Å². The molecule has 0 atom stereocenters. The van der Waals surface area contributed by atoms with Gasteiger partial charge in [0.1, 0.15) is 0 Å². The van der Waals surface area contributed by atoms with Gasteiger partial charge in [-0.3, -0.25) is 0 Å². The smallest absolute Gasteiger partial charge is 0.00486 e. The molecule has 0 heterocycles. The Morgan fingerprint density at radius 1 is 0.818 bits per heavy atom. The zero-order valence-electron chi connectivity index (χ0n) is 8.12. The lowest BCUT2D eigenvalue weighted by Crippen LogP contribution is -2.44. The van der Waals surface area contributed by atoms with Gasteiger partial charge in [-0.05, 0) is 21.1 Å². The van der Waals surface area contributed by atoms with Crippen LogP contribution < -0.4 is 16.0 Å². The molecule has 0 fully saturated rings. The average molecular weight is 159 g/mol. The molecule has 0 aromatic rings. The van der Waals surface area contributed by atoms with Crippen molar-refractivity contribution < 1.29 is 0 Å². The van der Waals surface area contributed by atoms with Gasteiger partial charge in [0, 0.05) is 25.0 Å². The summed E-state index contributed by atoms with van der Waals surface area (Å²) in [4.78, 5) is 0. The molecule has 0 aliphatic rings. The first-order valence-corrected chi connectivity index (χ1v) is 4.12. The Kier molecular flexibility index (Phi) is 5.46. The van der Waals surface area contributed by atoms with E-state index in [1.54, 1.807) is 0 Å². The first kappa shape index (κ1) is 10.9. The molecule has 68 valence electrons. The fourth-order valence-corrected chi connectivity index (χ4v) is 1.47. The maximum absolute atomic E-state index is 3.20. The Morgan fingerprint density at radius 2 is 1.09 bits per heavy atom. The molecule has 0 unspecified atom stereocenters. The van der Waals surface area contributed by atoms with E-state index in [2.05, 4.69) is 22.9 Å². The van der Waals surface area contributed by atoms with Gasteiger partial charge >= 0.3 is 0 Å². The molecule has 3 N–H and O–H groups in total. The lowest BCUT2D eigenvalue weighted by molar-refractivity contribution is 0.296. The molecule has 3 nitrogen and oxygen atoms in total. The normalized spacial score (nSPS) is 12.0. The number of rotatable bonds is 6. The Balaban J connectivity index is 3.79. The van der Waals surface area contributed by atoms with E-state index in [0.717, 1.165) is 19.6 Å². The zero-order chi connectivity index (χ0) is 8.74. The van der Waals surface area contributed by atoms with E-state index in [0.29, 0.717) is 5.41 Å². The minimum Gasteiger partial charge on any atom is -0.319 e. The van der Waals surface area contributed by atoms with Gasteiger partial charge in [0.25, 0.3) is 0 Å². The maximum atomic E-state index is 3.20. The second kappa shape index (κ2) is 5.52. The summed E-state index contributed by atoms with van der Waals surface area (Å²) in [5.74, 6) is 0. The monoisotopic (exact) mass is 159 g/mol. The summed E-state index contributed by atoms with van der Waals surface area (Å²) < 4.78 is 0. The molecule has 0 aromatic carbocycles. The van der Waals surface area contributed by atoms with Crippen LogP contribution >= 0.6 is 0 Å². The first-order chi connectivity index (χ1) is 5.18. The van der Waals surface area contributed by atoms with Gasteiger partial charge in [-0.25, -0.2) is 0 Å². The molecule has 0 amide bonds. The van der Waals surface area contributed by atoms with Crippen molar-refractivity contribution >= 4 is 0 Å². The summed E-state index contributed by atoms with van der Waals surface area (Å²) in [7, 11) is 5.97. The Hall–Kier alpha value is -0.120. The average Bonchev–Trinajstić information content (AvgIpc) is 1.88. The molecule has 0 aromatic heterocycles. The fraction of sp³-hybridized carbons (Fsp3) is 1.00. The standard InChI is InChI=1S/C8H21N3/c1-8(5-9-2,6-10-3)7-11-4/h9-11H,5-7H2,1-4H3. The van der Waals surface area contributed by atoms with E-state index >= 15 is 0 Å². The molecule has 0 rings (SSSR count). The summed E-state index contributed by atoms with van der Waals surface area (Å²) in [5.41, 5.74) is 0.318. The molecule has 0 aliphatic carbocycles. The minimum atomic E-state index is 0.318. The van der Waals surface area contributed by atoms with Crippen LogP contribution in [0, 0.1) is 5.41 Å². The molecule has 0 bridgehead atoms. The van der Waals surface area contributed by atoms with Crippen LogP contribution in [-0.2, 0) is 0 Å². The third-order valence-electron chi connectivity index (χ3n) is 1.81. The van der Waals surface area contributed by atoms with Crippen LogP contribution in [0.25, 0.3) is 0 Å². The summed E-state index contributed by atoms with van der Waals surface area (Å²) in [6.07, 6.45) is 0. The molecule has 0 saturated carbocycles. The van der Waals surface area contributed by atoms with E-state index in [1.807, 2.05) is 21.1 Å². The molecule has 0 saturated heterocycles. The molecular formula is C8H21N3. The highest BCUT2D eigenvalue weighted by molar-refractivity contribution is 4.79. The van der Waals surface area contributed by atoms with Gasteiger partial charge in [-0.2, -0.15) is 0 Å². The zero-order valence-corrected chi connectivity index (χ0v) is 8.12. The predicted octanol–water partition coefficient (Wildman–Crippen LogP) is -0.349. The lowest BCUT2D eigenvalue weighted by atomic mass is 9.90. The van der Waals surface area contributed by atoms with Crippen molar-refractivity contribution in [1.82, 2.24) is 16.0 Å². The predicted molar refractivity (Wildman–Crippen MR) is 49.9 cm³/mol. The molecule has 0 spiro atoms. The molecule has 3 heteroatoms. The fourth-order valence-electron chi connectivity index (χ4n) is 1.47. The van der Waals surface area contributed by atoms with Gasteiger partial charge in [-0.1, -0.05) is 6.92 Å². The second-order valence-electron chi connectivity index (χ2n) is 3.40. The molecule has 0 aliphatic heterocycles. The maximum Gasteiger partial charge on any atom is 0.00486 e. The largest absolute Gasteiger partial charge is 0.319 e. The van der Waals surface area contributed by atoms with Gasteiger partial charge in [0.2, 0.25) is 0 Å². The molecular weight excluding hydrogens is 138 g/mol. The number of hydrogen-bond donors (Lipinski definition) is 3. The summed E-state index contributed by atoms with van der Waals surface area (Å²) in [5, 5.41) is 9.59. The van der Waals surface area contributed by atoms with Crippen molar-refractivity contribution in [2.24, 2.45) is 5.41 Å². The van der Waals surface area contributed by atoms with Crippen molar-refractivity contribution in [3.63, 3.8) is 0 Å². The summed E-state index contributed by atoms with van der Waals surface area (Å²) in [6, 6.07) is 0. The third-order valence-corrected chi connectivity index (χ3v) is 1.81. The van der Waals surface area contributed by atoms with Gasteiger partial charge in [0.15, 0.2) is 0 Å². The van der Waals surface area contributed by atoms with Crippen LogP contribution in [0.5, 0.6) is 0 Å². The summed E-state index contributed by atoms with van der Waals surface area (Å²) in [6.45, 7) is 5.37. The van der Waals surface area contributed by atoms with Crippen molar-refractivity contribution in [3.8, 4) is 0 Å². The van der Waals surface area contributed by atoms with Gasteiger partial charge < -0.3 is 16.0 Å². The Labute approximate surface area is 69.9 Å². The topological polar surface area (TPSA) is 36.1 Å². The van der Waals surface area contributed by atoms with Crippen LogP contribution in [-0.4, -0.2) is 40.8 Å². The Morgan fingerprint density at radius 3 is 1.27 bits per heavy atom. The first-order valence-electron chi connectivity index (χ1n) is 4.12. The lowest BCUT2D eigenvalue weighted by Gasteiger charge is -2.28. The highest BCUT2D eigenvalue weighted by Gasteiger charge is 2.20. The molecule has 11 heavy (non-hydrogen) atoms. The quantitative estimate of drug-likeness (QED) is 0.496. The highest BCUT2D eigenvalue weighted by atomic mass is 14.9. The van der Waals surface area contributed by atoms with Gasteiger partial charge in [-0.15, -0.1) is 0 Å². The van der Waals surface area contributed by atoms with E-state index < -0.39 is 0 Å². The molecule has 0 radical (unpaired) electrons. The van der Waals surface area contributed by atoms with Crippen LogP contribution in [0.3, 0.4) is 0 Å². The Bertz CT molecular complexity index is 76.3. The van der Waals surface area contributed by atoms with Crippen LogP contribution in [0.1, 0.15) is 6.92 Å². The van der Waals surface area contributed by atoms with Crippen LogP contribution in [0.2, 0.25) is 0 Å². The van der Waals surface area contributed by atoms with Crippen molar-refractivity contribution in [1.29, 1.82) is 0 Å². The highest BCUT2D eigenvalue weighted by Crippen LogP contribution is 2.11. The van der Waals surface area contributed by atoms with Crippen molar-refractivity contribution in [2.45, 2.75) is 6.92 Å². The van der Waals surface area contributed by atoms with E-state index in [1.165, 1.54) is 0 Å². The van der Waals surface area contributed by atoms with Crippen molar-refractivity contribution in [2.75, 3.05) is 40.8 Å². The third kappa shape index (κ3) is 4.35. The van der Waals surface area contributed by atoms with E-state index in [-0.39, 0.29) is 0 Å². The van der Waals surface area contributed by atoms with Crippen molar-refractivity contribution in [3.05, 3.63) is 0 Å². The number of hydrogen-bond acceptors (Lipinski definition) is 3. The second-order valence-corrected chi connectivity index (χ2v) is 3.40. The van der Waals surface area contributed by atoms with Crippen LogP contribution in [0.4, 0.5) is 0 Å². The SMILES string of the molecule is CNCC(C)(CNC)CNC. The van der Waals surface area contributed by atoms with Crippen LogP contribution in [0.15, 0.2) is 0 Å². The number of nitrogens with one attached hydrogen (secondary N) is 3. The van der Waals surface area contributed by atoms with E-state index in [9.17, 15) is 0 Å². The minimum absolute atomic E-state index is 0.318. The van der Waals surface area contributed by atoms with E-state index in [4.69, 9.17) is 0 Å². The summed E-state index contributed by atoms with van der Waals surface area (Å²) >= 11 is 0.